The average molecular weight is 109 g/mol. The number of rotatable bonds is 0. The van der Waals surface area contributed by atoms with Crippen LogP contribution in [0.15, 0.2) is 10.7 Å². The van der Waals surface area contributed by atoms with Crippen molar-refractivity contribution >= 4 is 6.01 Å². The van der Waals surface area contributed by atoms with Gasteiger partial charge in [0.05, 0.1) is 0 Å². The lowest BCUT2D eigenvalue weighted by Crippen LogP contribution is -1.82. The van der Waals surface area contributed by atoms with Gasteiger partial charge in [-0.2, -0.15) is 10.2 Å². The molecule has 1 aromatic heterocycles. The van der Waals surface area contributed by atoms with Gasteiger partial charge in [0, 0.05) is 0 Å². The topological polar surface area (TPSA) is 75.8 Å². The number of anilines is 1. The Labute approximate surface area is 45.5 Å². The molecule has 2 N–H and O–H groups in total. The molecule has 0 aliphatic carbocycles. The first-order valence-electron chi connectivity index (χ1n) is 1.94. The largest absolute Gasteiger partial charge is 0.431 e. The van der Waals surface area contributed by atoms with Crippen molar-refractivity contribution in [1.82, 2.24) is 4.98 Å². The molecule has 0 aliphatic rings. The van der Waals surface area contributed by atoms with Crippen molar-refractivity contribution in [1.29, 1.82) is 5.26 Å². The number of hydrogen-bond donors (Lipinski definition) is 1. The van der Waals surface area contributed by atoms with Crippen molar-refractivity contribution in [3.8, 4) is 6.07 Å². The second-order valence-corrected chi connectivity index (χ2v) is 1.18. The number of nitriles is 1. The van der Waals surface area contributed by atoms with Crippen molar-refractivity contribution < 1.29 is 4.42 Å². The maximum Gasteiger partial charge on any atom is 0.293 e. The molecule has 0 bridgehead atoms. The molecule has 0 unspecified atom stereocenters. The van der Waals surface area contributed by atoms with Gasteiger partial charge >= 0.3 is 0 Å². The zero-order chi connectivity index (χ0) is 5.98. The standard InChI is InChI=1S/C4H3N3O/c5-1-3-2-8-4(6)7-3/h2H,(H2,6,7). The predicted molar refractivity (Wildman–Crippen MR) is 25.6 cm³/mol. The highest BCUT2D eigenvalue weighted by molar-refractivity contribution is 5.21. The lowest BCUT2D eigenvalue weighted by molar-refractivity contribution is 0.580. The summed E-state index contributed by atoms with van der Waals surface area (Å²) in [5.74, 6) is 0. The molecule has 0 radical (unpaired) electrons. The van der Waals surface area contributed by atoms with Gasteiger partial charge in [0.2, 0.25) is 0 Å². The molecule has 1 aromatic rings. The smallest absolute Gasteiger partial charge is 0.293 e. The Morgan fingerprint density at radius 2 is 2.62 bits per heavy atom. The Bertz CT molecular complexity index is 221. The minimum absolute atomic E-state index is 0.0292. The third-order valence-corrected chi connectivity index (χ3v) is 0.636. The van der Waals surface area contributed by atoms with E-state index >= 15 is 0 Å². The van der Waals surface area contributed by atoms with Gasteiger partial charge in [0.15, 0.2) is 5.69 Å². The van der Waals surface area contributed by atoms with Crippen molar-refractivity contribution in [3.63, 3.8) is 0 Å². The molecule has 0 atom stereocenters. The average Bonchev–Trinajstić information content (AvgIpc) is 2.14. The van der Waals surface area contributed by atoms with Crippen molar-refractivity contribution in [3.05, 3.63) is 12.0 Å². The van der Waals surface area contributed by atoms with Crippen LogP contribution in [0.5, 0.6) is 0 Å². The number of nitrogens with two attached hydrogens (primary N) is 1. The number of hydrogen-bond acceptors (Lipinski definition) is 4. The van der Waals surface area contributed by atoms with Crippen LogP contribution in [0, 0.1) is 11.3 Å². The van der Waals surface area contributed by atoms with Gasteiger partial charge in [-0.25, -0.2) is 0 Å². The lowest BCUT2D eigenvalue weighted by atomic mass is 10.6. The van der Waals surface area contributed by atoms with E-state index in [0.717, 1.165) is 0 Å². The van der Waals surface area contributed by atoms with Gasteiger partial charge < -0.3 is 10.2 Å². The quantitative estimate of drug-likeness (QED) is 0.513. The molecular weight excluding hydrogens is 106 g/mol. The number of nitrogens with zero attached hydrogens (tertiary/aromatic N) is 2. The van der Waals surface area contributed by atoms with Crippen molar-refractivity contribution in [2.24, 2.45) is 0 Å². The first-order chi connectivity index (χ1) is 3.83. The Morgan fingerprint density at radius 3 is 2.88 bits per heavy atom. The molecule has 8 heavy (non-hydrogen) atoms. The van der Waals surface area contributed by atoms with Crippen LogP contribution in [0.2, 0.25) is 0 Å². The zero-order valence-corrected chi connectivity index (χ0v) is 3.96. The Hall–Kier alpha value is -1.50. The third-order valence-electron chi connectivity index (χ3n) is 0.636. The highest BCUT2D eigenvalue weighted by Crippen LogP contribution is 1.99. The van der Waals surface area contributed by atoms with Crippen molar-refractivity contribution in [2.75, 3.05) is 5.73 Å². The minimum Gasteiger partial charge on any atom is -0.431 e. The van der Waals surface area contributed by atoms with Gasteiger partial charge in [0.25, 0.3) is 6.01 Å². The summed E-state index contributed by atoms with van der Waals surface area (Å²) in [5, 5.41) is 8.12. The fourth-order valence-corrected chi connectivity index (χ4v) is 0.339. The first kappa shape index (κ1) is 4.65. The van der Waals surface area contributed by atoms with Crippen LogP contribution in [-0.4, -0.2) is 4.98 Å². The van der Waals surface area contributed by atoms with Crippen LogP contribution in [0.25, 0.3) is 0 Å². The summed E-state index contributed by atoms with van der Waals surface area (Å²) < 4.78 is 4.50. The molecule has 0 aliphatic heterocycles. The molecule has 0 saturated carbocycles. The summed E-state index contributed by atoms with van der Waals surface area (Å²) in [6.45, 7) is 0. The minimum atomic E-state index is 0.0292. The zero-order valence-electron chi connectivity index (χ0n) is 3.96. The van der Waals surface area contributed by atoms with E-state index in [1.165, 1.54) is 6.26 Å². The monoisotopic (exact) mass is 109 g/mol. The van der Waals surface area contributed by atoms with Crippen LogP contribution < -0.4 is 5.73 Å². The summed E-state index contributed by atoms with van der Waals surface area (Å²) in [5.41, 5.74) is 5.24. The molecule has 0 saturated heterocycles. The molecule has 0 amide bonds. The van der Waals surface area contributed by atoms with Crippen molar-refractivity contribution in [2.45, 2.75) is 0 Å². The Morgan fingerprint density at radius 1 is 1.88 bits per heavy atom. The van der Waals surface area contributed by atoms with Crippen LogP contribution in [0.1, 0.15) is 5.69 Å². The first-order valence-corrected chi connectivity index (χ1v) is 1.94. The SMILES string of the molecule is N#Cc1coc(N)n1. The summed E-state index contributed by atoms with van der Waals surface area (Å²) in [6.07, 6.45) is 1.20. The molecule has 4 heteroatoms. The van der Waals surface area contributed by atoms with Crippen LogP contribution >= 0.6 is 0 Å². The summed E-state index contributed by atoms with van der Waals surface area (Å²) in [6, 6.07) is 1.79. The fourth-order valence-electron chi connectivity index (χ4n) is 0.339. The third kappa shape index (κ3) is 0.611. The van der Waals surface area contributed by atoms with Crippen LogP contribution in [0.3, 0.4) is 0 Å². The van der Waals surface area contributed by atoms with E-state index in [2.05, 4.69) is 9.40 Å². The van der Waals surface area contributed by atoms with Gasteiger partial charge in [-0.1, -0.05) is 0 Å². The van der Waals surface area contributed by atoms with Gasteiger partial charge in [-0.05, 0) is 0 Å². The molecule has 0 fully saturated rings. The van der Waals surface area contributed by atoms with Gasteiger partial charge in [0.1, 0.15) is 12.3 Å². The van der Waals surface area contributed by atoms with E-state index in [0.29, 0.717) is 0 Å². The van der Waals surface area contributed by atoms with E-state index < -0.39 is 0 Å². The molecule has 40 valence electrons. The molecule has 0 aromatic carbocycles. The van der Waals surface area contributed by atoms with E-state index in [1.807, 2.05) is 0 Å². The number of oxazole rings is 1. The second-order valence-electron chi connectivity index (χ2n) is 1.18. The van der Waals surface area contributed by atoms with E-state index in [9.17, 15) is 0 Å². The molecule has 1 rings (SSSR count). The highest BCUT2D eigenvalue weighted by atomic mass is 16.4. The Kier molecular flexibility index (Phi) is 0.897. The molecule has 4 nitrogen and oxygen atoms in total. The number of aromatic nitrogens is 1. The molecule has 0 spiro atoms. The predicted octanol–water partition coefficient (Wildman–Crippen LogP) is 0.128. The normalized spacial score (nSPS) is 8.38. The molecule has 1 heterocycles. The highest BCUT2D eigenvalue weighted by Gasteiger charge is 1.94. The fraction of sp³-hybridized carbons (Fsp3) is 0. The van der Waals surface area contributed by atoms with Gasteiger partial charge in [-0.3, -0.25) is 0 Å². The van der Waals surface area contributed by atoms with E-state index in [4.69, 9.17) is 11.0 Å². The lowest BCUT2D eigenvalue weighted by Gasteiger charge is -1.69. The maximum atomic E-state index is 8.12. The van der Waals surface area contributed by atoms with E-state index in [1.54, 1.807) is 6.07 Å². The maximum absolute atomic E-state index is 8.12. The van der Waals surface area contributed by atoms with E-state index in [-0.39, 0.29) is 11.7 Å². The van der Waals surface area contributed by atoms with Crippen LogP contribution in [0.4, 0.5) is 6.01 Å². The molecular formula is C4H3N3O. The summed E-state index contributed by atoms with van der Waals surface area (Å²) >= 11 is 0. The van der Waals surface area contributed by atoms with Gasteiger partial charge in [-0.15, -0.1) is 0 Å². The summed E-state index contributed by atoms with van der Waals surface area (Å²) in [4.78, 5) is 3.48. The number of nitrogen functional groups attached to an aromatic ring is 1. The second kappa shape index (κ2) is 1.54. The Balaban J connectivity index is 3.05. The summed E-state index contributed by atoms with van der Waals surface area (Å²) in [7, 11) is 0. The van der Waals surface area contributed by atoms with Crippen LogP contribution in [-0.2, 0) is 0 Å².